The summed E-state index contributed by atoms with van der Waals surface area (Å²) in [5.74, 6) is 1.48. The highest BCUT2D eigenvalue weighted by molar-refractivity contribution is 5.76. The number of nitrogens with one attached hydrogen (secondary N) is 3. The van der Waals surface area contributed by atoms with Crippen LogP contribution < -0.4 is 16.0 Å². The average molecular weight is 265 g/mol. The van der Waals surface area contributed by atoms with E-state index < -0.39 is 0 Å². The van der Waals surface area contributed by atoms with E-state index >= 15 is 0 Å². The first-order valence-electron chi connectivity index (χ1n) is 7.97. The van der Waals surface area contributed by atoms with Gasteiger partial charge in [-0.05, 0) is 50.5 Å². The molecule has 2 bridgehead atoms. The van der Waals surface area contributed by atoms with Gasteiger partial charge in [0.2, 0.25) is 5.91 Å². The van der Waals surface area contributed by atoms with Crippen molar-refractivity contribution in [1.29, 1.82) is 0 Å². The molecule has 4 atom stereocenters. The van der Waals surface area contributed by atoms with Crippen LogP contribution in [0.25, 0.3) is 0 Å². The third kappa shape index (κ3) is 3.29. The minimum Gasteiger partial charge on any atom is -0.352 e. The maximum atomic E-state index is 12.2. The number of hydrogen-bond donors (Lipinski definition) is 3. The molecular weight excluding hydrogens is 238 g/mol. The van der Waals surface area contributed by atoms with E-state index in [9.17, 15) is 4.79 Å². The fraction of sp³-hybridized carbons (Fsp3) is 0.933. The predicted octanol–water partition coefficient (Wildman–Crippen LogP) is 1.02. The van der Waals surface area contributed by atoms with Gasteiger partial charge in [-0.2, -0.15) is 0 Å². The zero-order chi connectivity index (χ0) is 13.2. The van der Waals surface area contributed by atoms with E-state index in [-0.39, 0.29) is 5.91 Å². The van der Waals surface area contributed by atoms with Crippen molar-refractivity contribution < 1.29 is 4.79 Å². The largest absolute Gasteiger partial charge is 0.352 e. The molecule has 3 heterocycles. The van der Waals surface area contributed by atoms with Gasteiger partial charge in [0.1, 0.15) is 0 Å². The number of piperidine rings is 2. The number of hydrogen-bond acceptors (Lipinski definition) is 3. The molecule has 0 aromatic carbocycles. The summed E-state index contributed by atoms with van der Waals surface area (Å²) >= 11 is 0. The topological polar surface area (TPSA) is 53.2 Å². The van der Waals surface area contributed by atoms with Gasteiger partial charge in [-0.3, -0.25) is 4.79 Å². The summed E-state index contributed by atoms with van der Waals surface area (Å²) in [4.78, 5) is 12.2. The summed E-state index contributed by atoms with van der Waals surface area (Å²) < 4.78 is 0. The van der Waals surface area contributed by atoms with Crippen LogP contribution in [0.15, 0.2) is 0 Å². The van der Waals surface area contributed by atoms with Crippen LogP contribution in [0.4, 0.5) is 0 Å². The fourth-order valence-electron chi connectivity index (χ4n) is 4.05. The van der Waals surface area contributed by atoms with E-state index in [1.165, 1.54) is 32.1 Å². The van der Waals surface area contributed by atoms with Gasteiger partial charge < -0.3 is 16.0 Å². The highest BCUT2D eigenvalue weighted by Gasteiger charge is 2.34. The van der Waals surface area contributed by atoms with Crippen LogP contribution in [0.2, 0.25) is 0 Å². The molecule has 108 valence electrons. The molecule has 1 amide bonds. The Labute approximate surface area is 116 Å². The zero-order valence-corrected chi connectivity index (χ0v) is 12.0. The molecule has 0 spiro atoms. The molecule has 3 fully saturated rings. The Kier molecular flexibility index (Phi) is 4.08. The van der Waals surface area contributed by atoms with Crippen LogP contribution in [0.5, 0.6) is 0 Å². The van der Waals surface area contributed by atoms with Gasteiger partial charge in [0.25, 0.3) is 0 Å². The lowest BCUT2D eigenvalue weighted by Gasteiger charge is -2.32. The van der Waals surface area contributed by atoms with Crippen molar-refractivity contribution in [2.24, 2.45) is 11.8 Å². The zero-order valence-electron chi connectivity index (χ0n) is 12.0. The first-order valence-corrected chi connectivity index (χ1v) is 7.97. The van der Waals surface area contributed by atoms with E-state index in [2.05, 4.69) is 22.9 Å². The van der Waals surface area contributed by atoms with E-state index in [4.69, 9.17) is 0 Å². The van der Waals surface area contributed by atoms with E-state index in [1.54, 1.807) is 0 Å². The summed E-state index contributed by atoms with van der Waals surface area (Å²) in [6, 6.07) is 1.71. The normalized spacial score (nSPS) is 42.1. The first kappa shape index (κ1) is 13.4. The molecule has 0 aliphatic carbocycles. The number of amides is 1. The minimum atomic E-state index is 0.270. The van der Waals surface area contributed by atoms with Gasteiger partial charge in [-0.15, -0.1) is 0 Å². The molecule has 4 nitrogen and oxygen atoms in total. The van der Waals surface area contributed by atoms with Crippen molar-refractivity contribution >= 4 is 5.91 Å². The molecule has 0 radical (unpaired) electrons. The van der Waals surface area contributed by atoms with Crippen molar-refractivity contribution in [2.75, 3.05) is 13.1 Å². The van der Waals surface area contributed by atoms with Crippen LogP contribution in [-0.2, 0) is 4.79 Å². The standard InChI is InChI=1S/C15H27N3O/c1-10-4-5-16-9-14(10)18-15(19)8-11-6-12-2-3-13(7-11)17-12/h10-14,16-17H,2-9H2,1H3,(H,18,19). The monoisotopic (exact) mass is 265 g/mol. The molecule has 3 rings (SSSR count). The van der Waals surface area contributed by atoms with Gasteiger partial charge in [-0.1, -0.05) is 6.92 Å². The van der Waals surface area contributed by atoms with E-state index in [0.29, 0.717) is 30.0 Å². The van der Waals surface area contributed by atoms with Crippen molar-refractivity contribution in [3.05, 3.63) is 0 Å². The number of carbonyl (C=O) groups is 1. The highest BCUT2D eigenvalue weighted by atomic mass is 16.1. The molecule has 3 aliphatic rings. The fourth-order valence-corrected chi connectivity index (χ4v) is 4.05. The van der Waals surface area contributed by atoms with Gasteiger partial charge in [0, 0.05) is 31.1 Å². The number of rotatable bonds is 3. The lowest BCUT2D eigenvalue weighted by molar-refractivity contribution is -0.123. The van der Waals surface area contributed by atoms with Crippen LogP contribution in [0, 0.1) is 11.8 Å². The number of carbonyl (C=O) groups excluding carboxylic acids is 1. The van der Waals surface area contributed by atoms with E-state index in [1.807, 2.05) is 0 Å². The van der Waals surface area contributed by atoms with Gasteiger partial charge in [0.15, 0.2) is 0 Å². The minimum absolute atomic E-state index is 0.270. The Morgan fingerprint density at radius 1 is 1.21 bits per heavy atom. The molecule has 0 aromatic rings. The first-order chi connectivity index (χ1) is 9.20. The molecule has 3 saturated heterocycles. The molecule has 3 N–H and O–H groups in total. The van der Waals surface area contributed by atoms with Crippen LogP contribution in [-0.4, -0.2) is 37.1 Å². The van der Waals surface area contributed by atoms with Gasteiger partial charge in [0.05, 0.1) is 0 Å². The summed E-state index contributed by atoms with van der Waals surface area (Å²) in [5, 5.41) is 10.3. The number of fused-ring (bicyclic) bond motifs is 2. The highest BCUT2D eigenvalue weighted by Crippen LogP contribution is 2.32. The quantitative estimate of drug-likeness (QED) is 0.714. The van der Waals surface area contributed by atoms with Crippen molar-refractivity contribution in [3.63, 3.8) is 0 Å². The lowest BCUT2D eigenvalue weighted by atomic mass is 9.89. The Morgan fingerprint density at radius 3 is 2.63 bits per heavy atom. The third-order valence-corrected chi connectivity index (χ3v) is 5.22. The van der Waals surface area contributed by atoms with E-state index in [0.717, 1.165) is 19.5 Å². The summed E-state index contributed by atoms with van der Waals surface area (Å²) in [7, 11) is 0. The van der Waals surface area contributed by atoms with Crippen molar-refractivity contribution in [1.82, 2.24) is 16.0 Å². The molecule has 19 heavy (non-hydrogen) atoms. The Balaban J connectivity index is 1.46. The molecule has 0 saturated carbocycles. The SMILES string of the molecule is CC1CCNCC1NC(=O)CC1CC2CCC(C1)N2. The summed E-state index contributed by atoms with van der Waals surface area (Å²) in [6.45, 7) is 4.27. The summed E-state index contributed by atoms with van der Waals surface area (Å²) in [5.41, 5.74) is 0. The average Bonchev–Trinajstić information content (AvgIpc) is 2.72. The van der Waals surface area contributed by atoms with Gasteiger partial charge in [-0.25, -0.2) is 0 Å². The van der Waals surface area contributed by atoms with Crippen LogP contribution >= 0.6 is 0 Å². The second kappa shape index (κ2) is 5.80. The van der Waals surface area contributed by atoms with Crippen LogP contribution in [0.1, 0.15) is 45.4 Å². The van der Waals surface area contributed by atoms with Crippen molar-refractivity contribution in [2.45, 2.75) is 63.6 Å². The molecule has 3 aliphatic heterocycles. The maximum Gasteiger partial charge on any atom is 0.220 e. The molecule has 4 heteroatoms. The Bertz CT molecular complexity index is 321. The second-order valence-corrected chi connectivity index (χ2v) is 6.82. The molecule has 4 unspecified atom stereocenters. The molecule has 0 aromatic heterocycles. The Hall–Kier alpha value is -0.610. The third-order valence-electron chi connectivity index (χ3n) is 5.22. The van der Waals surface area contributed by atoms with Gasteiger partial charge >= 0.3 is 0 Å². The predicted molar refractivity (Wildman–Crippen MR) is 75.9 cm³/mol. The Morgan fingerprint density at radius 2 is 1.95 bits per heavy atom. The molecular formula is C15H27N3O. The smallest absolute Gasteiger partial charge is 0.220 e. The lowest BCUT2D eigenvalue weighted by Crippen LogP contribution is -2.50. The maximum absolute atomic E-state index is 12.2. The van der Waals surface area contributed by atoms with Crippen molar-refractivity contribution in [3.8, 4) is 0 Å². The summed E-state index contributed by atoms with van der Waals surface area (Å²) in [6.07, 6.45) is 6.92. The second-order valence-electron chi connectivity index (χ2n) is 6.82. The van der Waals surface area contributed by atoms with Crippen LogP contribution in [0.3, 0.4) is 0 Å².